The highest BCUT2D eigenvalue weighted by atomic mass is 16.5. The molecule has 0 spiro atoms. The predicted octanol–water partition coefficient (Wildman–Crippen LogP) is 2.09. The highest BCUT2D eigenvalue weighted by Crippen LogP contribution is 2.30. The lowest BCUT2D eigenvalue weighted by Gasteiger charge is -2.19. The molecule has 4 rings (SSSR count). The van der Waals surface area contributed by atoms with Crippen LogP contribution in [0.2, 0.25) is 0 Å². The fourth-order valence-electron chi connectivity index (χ4n) is 2.98. The van der Waals surface area contributed by atoms with Gasteiger partial charge in [-0.1, -0.05) is 5.16 Å². The summed E-state index contributed by atoms with van der Waals surface area (Å²) < 4.78 is 7.43. The van der Waals surface area contributed by atoms with E-state index in [1.165, 1.54) is 11.1 Å². The summed E-state index contributed by atoms with van der Waals surface area (Å²) >= 11 is 0. The number of hydrogen-bond acceptors (Lipinski definition) is 5. The molecule has 0 saturated carbocycles. The van der Waals surface area contributed by atoms with Crippen LogP contribution in [0, 0.1) is 6.92 Å². The van der Waals surface area contributed by atoms with E-state index in [1.807, 2.05) is 43.1 Å². The second-order valence-electron chi connectivity index (χ2n) is 5.58. The van der Waals surface area contributed by atoms with Gasteiger partial charge >= 0.3 is 0 Å². The lowest BCUT2D eigenvalue weighted by Crippen LogP contribution is -2.24. The second kappa shape index (κ2) is 5.06. The first kappa shape index (κ1) is 13.2. The zero-order chi connectivity index (χ0) is 15.1. The lowest BCUT2D eigenvalue weighted by molar-refractivity contribution is 0.429. The van der Waals surface area contributed by atoms with Crippen LogP contribution in [0.25, 0.3) is 23.0 Å². The Hall–Kier alpha value is -2.47. The molecule has 1 aliphatic heterocycles. The Morgan fingerprint density at radius 3 is 3.09 bits per heavy atom. The van der Waals surface area contributed by atoms with Crippen LogP contribution in [0.3, 0.4) is 0 Å². The van der Waals surface area contributed by atoms with Crippen molar-refractivity contribution in [2.75, 3.05) is 6.54 Å². The van der Waals surface area contributed by atoms with Crippen LogP contribution in [0.4, 0.5) is 0 Å². The summed E-state index contributed by atoms with van der Waals surface area (Å²) in [5.74, 6) is 1.16. The SMILES string of the molecule is Cc1ncc2c(c1-c1noc(-c3cccn3C)n1)CCNC2. The number of rotatable bonds is 2. The number of pyridine rings is 1. The third kappa shape index (κ3) is 2.03. The van der Waals surface area contributed by atoms with E-state index in [0.717, 1.165) is 36.5 Å². The van der Waals surface area contributed by atoms with Crippen LogP contribution >= 0.6 is 0 Å². The Balaban J connectivity index is 1.83. The van der Waals surface area contributed by atoms with Crippen LogP contribution in [0.1, 0.15) is 16.8 Å². The molecular weight excluding hydrogens is 278 g/mol. The number of hydrogen-bond donors (Lipinski definition) is 1. The average Bonchev–Trinajstić information content (AvgIpc) is 3.16. The van der Waals surface area contributed by atoms with Gasteiger partial charge in [0.2, 0.25) is 5.82 Å². The highest BCUT2D eigenvalue weighted by Gasteiger charge is 2.21. The Labute approximate surface area is 128 Å². The molecule has 112 valence electrons. The Morgan fingerprint density at radius 1 is 1.36 bits per heavy atom. The smallest absolute Gasteiger partial charge is 0.274 e. The average molecular weight is 295 g/mol. The molecule has 1 aliphatic rings. The Morgan fingerprint density at radius 2 is 2.27 bits per heavy atom. The van der Waals surface area contributed by atoms with Gasteiger partial charge in [-0.25, -0.2) is 0 Å². The van der Waals surface area contributed by atoms with E-state index in [0.29, 0.717) is 11.7 Å². The van der Waals surface area contributed by atoms with E-state index in [4.69, 9.17) is 4.52 Å². The Kier molecular flexibility index (Phi) is 3.04. The maximum absolute atomic E-state index is 5.46. The van der Waals surface area contributed by atoms with E-state index in [1.54, 1.807) is 0 Å². The van der Waals surface area contributed by atoms with Gasteiger partial charge in [-0.05, 0) is 43.1 Å². The first-order valence-electron chi connectivity index (χ1n) is 7.38. The standard InChI is InChI=1S/C16H17N5O/c1-10-14(12-5-6-17-8-11(12)9-18-10)15-19-16(22-20-15)13-4-3-7-21(13)2/h3-4,7,9,17H,5-6,8H2,1-2H3. The van der Waals surface area contributed by atoms with Crippen molar-refractivity contribution in [3.63, 3.8) is 0 Å². The van der Waals surface area contributed by atoms with Gasteiger partial charge in [-0.15, -0.1) is 0 Å². The van der Waals surface area contributed by atoms with Crippen molar-refractivity contribution >= 4 is 0 Å². The number of aromatic nitrogens is 4. The van der Waals surface area contributed by atoms with Gasteiger partial charge < -0.3 is 14.4 Å². The normalized spacial score (nSPS) is 14.1. The fraction of sp³-hybridized carbons (Fsp3) is 0.312. The number of nitrogens with zero attached hydrogens (tertiary/aromatic N) is 4. The van der Waals surface area contributed by atoms with Gasteiger partial charge in [0.25, 0.3) is 5.89 Å². The predicted molar refractivity (Wildman–Crippen MR) is 82.1 cm³/mol. The quantitative estimate of drug-likeness (QED) is 0.784. The number of nitrogens with one attached hydrogen (secondary N) is 1. The van der Waals surface area contributed by atoms with Crippen LogP contribution in [0.15, 0.2) is 29.0 Å². The van der Waals surface area contributed by atoms with Gasteiger partial charge in [0, 0.05) is 37.2 Å². The molecule has 0 bridgehead atoms. The summed E-state index contributed by atoms with van der Waals surface area (Å²) in [5.41, 5.74) is 5.38. The Bertz CT molecular complexity index is 833. The van der Waals surface area contributed by atoms with Gasteiger partial charge in [-0.3, -0.25) is 4.98 Å². The van der Waals surface area contributed by atoms with E-state index in [2.05, 4.69) is 20.4 Å². The lowest BCUT2D eigenvalue weighted by atomic mass is 9.95. The van der Waals surface area contributed by atoms with E-state index in [-0.39, 0.29) is 0 Å². The monoisotopic (exact) mass is 295 g/mol. The summed E-state index contributed by atoms with van der Waals surface area (Å²) in [6.07, 6.45) is 4.86. The van der Waals surface area contributed by atoms with Crippen LogP contribution < -0.4 is 5.32 Å². The van der Waals surface area contributed by atoms with Gasteiger partial charge in [-0.2, -0.15) is 4.98 Å². The van der Waals surface area contributed by atoms with Crippen molar-refractivity contribution in [2.24, 2.45) is 7.05 Å². The molecule has 4 heterocycles. The molecule has 0 unspecified atom stereocenters. The molecule has 6 nitrogen and oxygen atoms in total. The molecule has 6 heteroatoms. The maximum Gasteiger partial charge on any atom is 0.274 e. The largest absolute Gasteiger partial charge is 0.347 e. The van der Waals surface area contributed by atoms with E-state index < -0.39 is 0 Å². The summed E-state index contributed by atoms with van der Waals surface area (Å²) in [4.78, 5) is 9.09. The first-order chi connectivity index (χ1) is 10.7. The van der Waals surface area contributed by atoms with E-state index >= 15 is 0 Å². The topological polar surface area (TPSA) is 68.8 Å². The molecule has 3 aromatic heterocycles. The summed E-state index contributed by atoms with van der Waals surface area (Å²) in [7, 11) is 1.96. The van der Waals surface area contributed by atoms with Crippen LogP contribution in [-0.2, 0) is 20.0 Å². The third-order valence-corrected chi connectivity index (χ3v) is 4.14. The van der Waals surface area contributed by atoms with Crippen LogP contribution in [-0.4, -0.2) is 26.2 Å². The molecule has 0 fully saturated rings. The second-order valence-corrected chi connectivity index (χ2v) is 5.58. The summed E-state index contributed by atoms with van der Waals surface area (Å²) in [6, 6.07) is 3.93. The molecule has 0 radical (unpaired) electrons. The molecule has 22 heavy (non-hydrogen) atoms. The summed E-state index contributed by atoms with van der Waals surface area (Å²) in [6.45, 7) is 3.81. The number of aryl methyl sites for hydroxylation is 2. The minimum atomic E-state index is 0.536. The van der Waals surface area contributed by atoms with E-state index in [9.17, 15) is 0 Å². The molecule has 1 N–H and O–H groups in total. The van der Waals surface area contributed by atoms with Gasteiger partial charge in [0.1, 0.15) is 5.69 Å². The minimum Gasteiger partial charge on any atom is -0.347 e. The molecule has 3 aromatic rings. The fourth-order valence-corrected chi connectivity index (χ4v) is 2.98. The summed E-state index contributed by atoms with van der Waals surface area (Å²) in [5, 5.41) is 7.56. The zero-order valence-corrected chi connectivity index (χ0v) is 12.6. The minimum absolute atomic E-state index is 0.536. The van der Waals surface area contributed by atoms with Crippen molar-refractivity contribution in [2.45, 2.75) is 19.9 Å². The van der Waals surface area contributed by atoms with Crippen molar-refractivity contribution in [1.82, 2.24) is 25.0 Å². The molecule has 0 amide bonds. The van der Waals surface area contributed by atoms with Gasteiger partial charge in [0.15, 0.2) is 0 Å². The number of fused-ring (bicyclic) bond motifs is 1. The van der Waals surface area contributed by atoms with Crippen molar-refractivity contribution < 1.29 is 4.52 Å². The van der Waals surface area contributed by atoms with Gasteiger partial charge in [0.05, 0.1) is 0 Å². The van der Waals surface area contributed by atoms with Crippen LogP contribution in [0.5, 0.6) is 0 Å². The molecule has 0 aromatic carbocycles. The molecule has 0 saturated heterocycles. The highest BCUT2D eigenvalue weighted by molar-refractivity contribution is 5.66. The third-order valence-electron chi connectivity index (χ3n) is 4.14. The first-order valence-corrected chi connectivity index (χ1v) is 7.38. The molecular formula is C16H17N5O. The molecule has 0 atom stereocenters. The zero-order valence-electron chi connectivity index (χ0n) is 12.6. The van der Waals surface area contributed by atoms with Crippen molar-refractivity contribution in [3.8, 4) is 23.0 Å². The molecule has 0 aliphatic carbocycles. The van der Waals surface area contributed by atoms with Crippen molar-refractivity contribution in [3.05, 3.63) is 41.3 Å². The maximum atomic E-state index is 5.46. The van der Waals surface area contributed by atoms with Crippen molar-refractivity contribution in [1.29, 1.82) is 0 Å².